The fourth-order valence-electron chi connectivity index (χ4n) is 4.14. The fraction of sp³-hybridized carbons (Fsp3) is 0.269. The highest BCUT2D eigenvalue weighted by Gasteiger charge is 2.33. The SMILES string of the molecule is COc1ccc([C@H]2CN(C(=O)c3cccnc3Nc3cccc(OC)c3)CCN2C(C)=O)cc1. The number of nitrogens with zero attached hydrogens (tertiary/aromatic N) is 3. The van der Waals surface area contributed by atoms with Crippen molar-refractivity contribution < 1.29 is 19.1 Å². The predicted molar refractivity (Wildman–Crippen MR) is 130 cm³/mol. The van der Waals surface area contributed by atoms with Gasteiger partial charge < -0.3 is 24.6 Å². The minimum absolute atomic E-state index is 0.0188. The summed E-state index contributed by atoms with van der Waals surface area (Å²) in [5.74, 6) is 1.76. The molecule has 1 fully saturated rings. The second-order valence-corrected chi connectivity index (χ2v) is 8.01. The third kappa shape index (κ3) is 4.96. The van der Waals surface area contributed by atoms with Crippen LogP contribution in [-0.4, -0.2) is 60.5 Å². The Bertz CT molecular complexity index is 1170. The number of carbonyl (C=O) groups is 2. The van der Waals surface area contributed by atoms with Crippen molar-refractivity contribution in [1.29, 1.82) is 0 Å². The molecule has 1 saturated heterocycles. The monoisotopic (exact) mass is 460 g/mol. The number of carbonyl (C=O) groups excluding carboxylic acids is 2. The summed E-state index contributed by atoms with van der Waals surface area (Å²) in [5, 5.41) is 3.23. The van der Waals surface area contributed by atoms with E-state index in [9.17, 15) is 9.59 Å². The number of hydrogen-bond donors (Lipinski definition) is 1. The van der Waals surface area contributed by atoms with E-state index in [1.807, 2.05) is 53.4 Å². The molecule has 2 heterocycles. The average Bonchev–Trinajstić information content (AvgIpc) is 2.88. The molecule has 0 aliphatic carbocycles. The summed E-state index contributed by atoms with van der Waals surface area (Å²) < 4.78 is 10.5. The zero-order valence-corrected chi connectivity index (χ0v) is 19.5. The molecule has 8 heteroatoms. The minimum atomic E-state index is -0.243. The van der Waals surface area contributed by atoms with Crippen molar-refractivity contribution in [3.63, 3.8) is 0 Å². The van der Waals surface area contributed by atoms with Crippen LogP contribution in [-0.2, 0) is 4.79 Å². The Balaban J connectivity index is 1.58. The van der Waals surface area contributed by atoms with Crippen LogP contribution < -0.4 is 14.8 Å². The summed E-state index contributed by atoms with van der Waals surface area (Å²) in [6.07, 6.45) is 1.65. The number of hydrogen-bond acceptors (Lipinski definition) is 6. The molecule has 1 N–H and O–H groups in total. The second-order valence-electron chi connectivity index (χ2n) is 8.01. The lowest BCUT2D eigenvalue weighted by Crippen LogP contribution is -2.51. The zero-order valence-electron chi connectivity index (χ0n) is 19.5. The van der Waals surface area contributed by atoms with Crippen molar-refractivity contribution in [3.8, 4) is 11.5 Å². The van der Waals surface area contributed by atoms with E-state index in [1.54, 1.807) is 44.4 Å². The number of aromatic nitrogens is 1. The van der Waals surface area contributed by atoms with Crippen LogP contribution in [0.1, 0.15) is 28.9 Å². The Labute approximate surface area is 199 Å². The predicted octanol–water partition coefficient (Wildman–Crippen LogP) is 3.89. The molecule has 2 amide bonds. The van der Waals surface area contributed by atoms with Gasteiger partial charge in [0, 0.05) is 44.5 Å². The Morgan fingerprint density at radius 1 is 0.971 bits per heavy atom. The highest BCUT2D eigenvalue weighted by atomic mass is 16.5. The van der Waals surface area contributed by atoms with Crippen molar-refractivity contribution >= 4 is 23.3 Å². The summed E-state index contributed by atoms with van der Waals surface area (Å²) in [5.41, 5.74) is 2.19. The molecule has 1 aliphatic rings. The molecule has 0 saturated carbocycles. The first kappa shape index (κ1) is 23.1. The topological polar surface area (TPSA) is 84.0 Å². The van der Waals surface area contributed by atoms with E-state index < -0.39 is 0 Å². The molecule has 1 aliphatic heterocycles. The quantitative estimate of drug-likeness (QED) is 0.601. The van der Waals surface area contributed by atoms with Gasteiger partial charge in [0.2, 0.25) is 5.91 Å². The number of ether oxygens (including phenoxy) is 2. The van der Waals surface area contributed by atoms with Crippen LogP contribution >= 0.6 is 0 Å². The number of pyridine rings is 1. The van der Waals surface area contributed by atoms with E-state index in [2.05, 4.69) is 10.3 Å². The molecule has 1 atom stereocenters. The lowest BCUT2D eigenvalue weighted by molar-refractivity contribution is -0.133. The number of rotatable bonds is 6. The van der Waals surface area contributed by atoms with Gasteiger partial charge >= 0.3 is 0 Å². The second kappa shape index (κ2) is 10.2. The number of anilines is 2. The summed E-state index contributed by atoms with van der Waals surface area (Å²) in [4.78, 5) is 33.9. The van der Waals surface area contributed by atoms with Gasteiger partial charge in [-0.2, -0.15) is 0 Å². The number of methoxy groups -OCH3 is 2. The molecule has 4 rings (SSSR count). The third-order valence-electron chi connectivity index (χ3n) is 5.94. The molecule has 34 heavy (non-hydrogen) atoms. The van der Waals surface area contributed by atoms with Gasteiger partial charge in [0.15, 0.2) is 0 Å². The van der Waals surface area contributed by atoms with Crippen molar-refractivity contribution in [1.82, 2.24) is 14.8 Å². The molecule has 0 radical (unpaired) electrons. The number of benzene rings is 2. The number of nitrogens with one attached hydrogen (secondary N) is 1. The third-order valence-corrected chi connectivity index (χ3v) is 5.94. The molecule has 2 aromatic carbocycles. The van der Waals surface area contributed by atoms with Gasteiger partial charge in [0.25, 0.3) is 5.91 Å². The van der Waals surface area contributed by atoms with Crippen LogP contribution in [0, 0.1) is 0 Å². The van der Waals surface area contributed by atoms with Crippen molar-refractivity contribution in [2.45, 2.75) is 13.0 Å². The lowest BCUT2D eigenvalue weighted by Gasteiger charge is -2.41. The van der Waals surface area contributed by atoms with Crippen LogP contribution in [0.25, 0.3) is 0 Å². The van der Waals surface area contributed by atoms with Crippen molar-refractivity contribution in [3.05, 3.63) is 78.0 Å². The summed E-state index contributed by atoms with van der Waals surface area (Å²) in [6, 6.07) is 18.3. The molecular weight excluding hydrogens is 432 g/mol. The first-order valence-electron chi connectivity index (χ1n) is 11.1. The van der Waals surface area contributed by atoms with Crippen LogP contribution in [0.3, 0.4) is 0 Å². The van der Waals surface area contributed by atoms with Crippen LogP contribution in [0.4, 0.5) is 11.5 Å². The van der Waals surface area contributed by atoms with Gasteiger partial charge in [-0.05, 0) is 42.0 Å². The van der Waals surface area contributed by atoms with Gasteiger partial charge in [0.1, 0.15) is 17.3 Å². The van der Waals surface area contributed by atoms with Crippen LogP contribution in [0.2, 0.25) is 0 Å². The standard InChI is InChI=1S/C26H28N4O4/c1-18(31)30-15-14-29(17-24(30)19-9-11-21(33-2)12-10-19)26(32)23-8-5-13-27-25(23)28-20-6-4-7-22(16-20)34-3/h4-13,16,24H,14-15,17H2,1-3H3,(H,27,28)/t24-/m1/s1. The molecule has 3 aromatic rings. The average molecular weight is 461 g/mol. The molecule has 0 unspecified atom stereocenters. The van der Waals surface area contributed by atoms with E-state index in [1.165, 1.54) is 0 Å². The van der Waals surface area contributed by atoms with Gasteiger partial charge in [0.05, 0.1) is 25.8 Å². The molecule has 8 nitrogen and oxygen atoms in total. The van der Waals surface area contributed by atoms with Gasteiger partial charge in [-0.1, -0.05) is 18.2 Å². The summed E-state index contributed by atoms with van der Waals surface area (Å²) in [7, 11) is 3.22. The van der Waals surface area contributed by atoms with Crippen molar-refractivity contribution in [2.24, 2.45) is 0 Å². The van der Waals surface area contributed by atoms with Crippen LogP contribution in [0.5, 0.6) is 11.5 Å². The maximum Gasteiger partial charge on any atom is 0.257 e. The maximum absolute atomic E-state index is 13.6. The van der Waals surface area contributed by atoms with Crippen molar-refractivity contribution in [2.75, 3.05) is 39.2 Å². The molecular formula is C26H28N4O4. The number of piperazine rings is 1. The Morgan fingerprint density at radius 3 is 2.44 bits per heavy atom. The van der Waals surface area contributed by atoms with Gasteiger partial charge in [-0.3, -0.25) is 9.59 Å². The normalized spacial score (nSPS) is 15.6. The largest absolute Gasteiger partial charge is 0.497 e. The Kier molecular flexibility index (Phi) is 6.96. The first-order chi connectivity index (χ1) is 16.5. The zero-order chi connectivity index (χ0) is 24.1. The summed E-state index contributed by atoms with van der Waals surface area (Å²) >= 11 is 0. The Hall–Kier alpha value is -4.07. The van der Waals surface area contributed by atoms with E-state index in [0.29, 0.717) is 36.8 Å². The highest BCUT2D eigenvalue weighted by Crippen LogP contribution is 2.29. The lowest BCUT2D eigenvalue weighted by atomic mass is 10.0. The fourth-order valence-corrected chi connectivity index (χ4v) is 4.14. The smallest absolute Gasteiger partial charge is 0.257 e. The van der Waals surface area contributed by atoms with Gasteiger partial charge in [-0.25, -0.2) is 4.98 Å². The first-order valence-corrected chi connectivity index (χ1v) is 11.1. The van der Waals surface area contributed by atoms with E-state index in [0.717, 1.165) is 17.0 Å². The van der Waals surface area contributed by atoms with Crippen LogP contribution in [0.15, 0.2) is 66.9 Å². The molecule has 0 bridgehead atoms. The highest BCUT2D eigenvalue weighted by molar-refractivity contribution is 5.99. The van der Waals surface area contributed by atoms with E-state index >= 15 is 0 Å². The molecule has 176 valence electrons. The van der Waals surface area contributed by atoms with Gasteiger partial charge in [-0.15, -0.1) is 0 Å². The number of amides is 2. The van der Waals surface area contributed by atoms with E-state index in [4.69, 9.17) is 9.47 Å². The Morgan fingerprint density at radius 2 is 1.74 bits per heavy atom. The summed E-state index contributed by atoms with van der Waals surface area (Å²) in [6.45, 7) is 2.85. The van der Waals surface area contributed by atoms with E-state index in [-0.39, 0.29) is 17.9 Å². The molecule has 0 spiro atoms. The minimum Gasteiger partial charge on any atom is -0.497 e. The maximum atomic E-state index is 13.6. The molecule has 1 aromatic heterocycles.